The van der Waals surface area contributed by atoms with Crippen LogP contribution >= 0.6 is 58.7 Å². The van der Waals surface area contributed by atoms with Crippen molar-refractivity contribution in [2.24, 2.45) is 0 Å². The molecule has 2 aliphatic rings. The second-order valence-corrected chi connectivity index (χ2v) is 14.5. The molecule has 0 unspecified atom stereocenters. The predicted molar refractivity (Wildman–Crippen MR) is 199 cm³/mol. The quantitative estimate of drug-likeness (QED) is 0.140. The number of nitrogen functional groups attached to an aromatic ring is 1. The number of nitrogens with zero attached hydrogens (tertiary/aromatic N) is 6. The van der Waals surface area contributed by atoms with Gasteiger partial charge >= 0.3 is 51.4 Å². The number of halogens is 1. The Morgan fingerprint density at radius 1 is 0.956 bits per heavy atom. The summed E-state index contributed by atoms with van der Waals surface area (Å²) in [4.78, 5) is 25.0. The average molecular weight is 746 g/mol. The van der Waals surface area contributed by atoms with Crippen molar-refractivity contribution in [1.29, 1.82) is 0 Å². The molecule has 0 atom stereocenters. The maximum Gasteiger partial charge on any atom is 1.00 e. The number of rotatable bonds is 2. The third kappa shape index (κ3) is 13.3. The molecular formula is C30H38ClKN8S5. The molecule has 0 spiro atoms. The number of hydrogen-bond donors (Lipinski definition) is 2. The van der Waals surface area contributed by atoms with Crippen molar-refractivity contribution in [3.05, 3.63) is 64.0 Å². The standard InChI is InChI=1S/C16H22N4S.C6H4N2S2.C5H5ClN2.C2H4S2.CH4.K/c1-2-9-19(10-3-1)13-6-11-20(12-7-13)16-18-15-14(21-16)5-4-8-17-15;9-6-8-5-4(10-6)2-1-3-7-5;6-4-2-1-3-8-5(4)7;1-2(3)4;;/h4-5,8,13H,1-3,6-7,9-12H2;1-3H,(H,7,8,9);1-3H,(H2,7,8);1H3,(H,3,4);1H4;/q;;;;;+1/p-1. The summed E-state index contributed by atoms with van der Waals surface area (Å²) in [5, 5.41) is 1.66. The Bertz CT molecular complexity index is 1550. The van der Waals surface area contributed by atoms with Gasteiger partial charge < -0.3 is 45.4 Å². The summed E-state index contributed by atoms with van der Waals surface area (Å²) in [6, 6.07) is 12.2. The topological polar surface area (TPSA) is 99.8 Å². The molecule has 5 aromatic rings. The number of nitrogens with two attached hydrogens (primary N) is 1. The first kappa shape index (κ1) is 40.4. The zero-order valence-electron chi connectivity index (χ0n) is 24.8. The molecule has 5 aromatic heterocycles. The van der Waals surface area contributed by atoms with Crippen LogP contribution in [0.15, 0.2) is 55.0 Å². The van der Waals surface area contributed by atoms with Gasteiger partial charge in [-0.25, -0.2) is 15.0 Å². The molecular weight excluding hydrogens is 707 g/mol. The van der Waals surface area contributed by atoms with Crippen molar-refractivity contribution >= 4 is 107 Å². The molecule has 0 saturated carbocycles. The zero-order valence-corrected chi connectivity index (χ0v) is 32.8. The van der Waals surface area contributed by atoms with Crippen molar-refractivity contribution in [2.45, 2.75) is 52.5 Å². The molecule has 2 fully saturated rings. The Labute approximate surface area is 337 Å². The van der Waals surface area contributed by atoms with E-state index in [1.54, 1.807) is 54.1 Å². The third-order valence-electron chi connectivity index (χ3n) is 6.78. The van der Waals surface area contributed by atoms with Crippen LogP contribution in [0.2, 0.25) is 5.02 Å². The molecule has 0 bridgehead atoms. The number of piperidine rings is 2. The number of aromatic amines is 1. The van der Waals surface area contributed by atoms with Gasteiger partial charge in [0, 0.05) is 37.7 Å². The monoisotopic (exact) mass is 744 g/mol. The number of nitrogens with one attached hydrogen (secondary N) is 1. The molecule has 2 aliphatic heterocycles. The molecule has 7 rings (SSSR count). The van der Waals surface area contributed by atoms with E-state index in [-0.39, 0.29) is 58.8 Å². The van der Waals surface area contributed by atoms with Crippen LogP contribution in [0.25, 0.3) is 20.7 Å². The van der Waals surface area contributed by atoms with Crippen LogP contribution in [-0.4, -0.2) is 66.2 Å². The number of hydrogen-bond acceptors (Lipinski definition) is 12. The normalized spacial score (nSPS) is 14.8. The number of thiazole rings is 2. The van der Waals surface area contributed by atoms with Gasteiger partial charge in [-0.1, -0.05) is 43.7 Å². The number of fused-ring (bicyclic) bond motifs is 2. The second kappa shape index (κ2) is 21.3. The fraction of sp³-hybridized carbons (Fsp3) is 0.400. The molecule has 15 heteroatoms. The van der Waals surface area contributed by atoms with E-state index in [0.717, 1.165) is 44.2 Å². The van der Waals surface area contributed by atoms with Crippen LogP contribution in [0, 0.1) is 3.95 Å². The van der Waals surface area contributed by atoms with Crippen LogP contribution in [-0.2, 0) is 12.6 Å². The van der Waals surface area contributed by atoms with Crippen molar-refractivity contribution in [1.82, 2.24) is 29.8 Å². The van der Waals surface area contributed by atoms with Crippen LogP contribution in [0.1, 0.15) is 46.5 Å². The van der Waals surface area contributed by atoms with Crippen molar-refractivity contribution < 1.29 is 51.4 Å². The van der Waals surface area contributed by atoms with Gasteiger partial charge in [0.15, 0.2) is 14.7 Å². The summed E-state index contributed by atoms with van der Waals surface area (Å²) in [7, 11) is 0. The van der Waals surface area contributed by atoms with Crippen molar-refractivity contribution in [3.8, 4) is 0 Å². The SMILES string of the molecule is C.CC(=S)[S-].Nc1ncccc1Cl.S=c1[nH]c2ncccc2s1.[K+].c1cnc2nc(N3CCC(N4CCCCC4)CC3)sc2c1. The first-order valence-corrected chi connectivity index (χ1v) is 17.2. The van der Waals surface area contributed by atoms with E-state index in [0.29, 0.717) is 15.0 Å². The summed E-state index contributed by atoms with van der Waals surface area (Å²) in [5.74, 6) is 0.383. The minimum atomic E-state index is 0. The molecule has 0 amide bonds. The number of H-pyrrole nitrogens is 1. The molecule has 8 nitrogen and oxygen atoms in total. The summed E-state index contributed by atoms with van der Waals surface area (Å²) in [6.45, 7) is 6.62. The number of thiocarbonyl (C=S) groups is 1. The zero-order chi connectivity index (χ0) is 30.6. The number of pyridine rings is 3. The van der Waals surface area contributed by atoms with Gasteiger partial charge in [-0.2, -0.15) is 9.18 Å². The van der Waals surface area contributed by atoms with Gasteiger partial charge in [0.2, 0.25) is 0 Å². The van der Waals surface area contributed by atoms with Crippen molar-refractivity contribution in [3.63, 3.8) is 0 Å². The smallest absolute Gasteiger partial charge is 0.433 e. The van der Waals surface area contributed by atoms with Crippen LogP contribution < -0.4 is 62.0 Å². The van der Waals surface area contributed by atoms with Crippen LogP contribution in [0.5, 0.6) is 0 Å². The van der Waals surface area contributed by atoms with Gasteiger partial charge in [-0.15, -0.1) is 11.3 Å². The Hall–Kier alpha value is -0.754. The van der Waals surface area contributed by atoms with Gasteiger partial charge in [-0.05, 0) is 87.4 Å². The maximum atomic E-state index is 5.52. The van der Waals surface area contributed by atoms with Gasteiger partial charge in [-0.3, -0.25) is 0 Å². The minimum absolute atomic E-state index is 0. The van der Waals surface area contributed by atoms with Crippen LogP contribution in [0.4, 0.5) is 10.9 Å². The molecule has 3 N–H and O–H groups in total. The van der Waals surface area contributed by atoms with Crippen molar-refractivity contribution in [2.75, 3.05) is 36.8 Å². The van der Waals surface area contributed by atoms with Gasteiger partial charge in [0.05, 0.1) is 14.4 Å². The molecule has 0 aliphatic carbocycles. The minimum Gasteiger partial charge on any atom is -0.433 e. The van der Waals surface area contributed by atoms with E-state index in [1.165, 1.54) is 49.9 Å². The number of likely N-dealkylation sites (tertiary alicyclic amines) is 1. The summed E-state index contributed by atoms with van der Waals surface area (Å²) < 4.78 is 3.69. The first-order chi connectivity index (χ1) is 20.8. The Morgan fingerprint density at radius 2 is 1.56 bits per heavy atom. The largest absolute Gasteiger partial charge is 1.00 e. The summed E-state index contributed by atoms with van der Waals surface area (Å²) in [6.07, 6.45) is 11.9. The average Bonchev–Trinajstić information content (AvgIpc) is 3.62. The molecule has 7 heterocycles. The van der Waals surface area contributed by atoms with E-state index in [4.69, 9.17) is 34.5 Å². The summed E-state index contributed by atoms with van der Waals surface area (Å²) >= 11 is 22.5. The molecule has 236 valence electrons. The fourth-order valence-corrected chi connectivity index (χ4v) is 6.94. The Balaban J connectivity index is 0.000000246. The number of anilines is 2. The molecule has 2 saturated heterocycles. The van der Waals surface area contributed by atoms with E-state index in [9.17, 15) is 0 Å². The van der Waals surface area contributed by atoms with Crippen LogP contribution in [0.3, 0.4) is 0 Å². The van der Waals surface area contributed by atoms with E-state index < -0.39 is 0 Å². The fourth-order valence-electron chi connectivity index (χ4n) is 4.79. The maximum absolute atomic E-state index is 5.52. The van der Waals surface area contributed by atoms with Gasteiger partial charge in [0.25, 0.3) is 0 Å². The Kier molecular flexibility index (Phi) is 19.1. The molecule has 0 aromatic carbocycles. The molecule has 0 radical (unpaired) electrons. The third-order valence-corrected chi connectivity index (χ3v) is 9.36. The van der Waals surface area contributed by atoms with E-state index in [2.05, 4.69) is 60.6 Å². The second-order valence-electron chi connectivity index (χ2n) is 9.86. The number of aromatic nitrogens is 5. The van der Waals surface area contributed by atoms with Gasteiger partial charge in [0.1, 0.15) is 11.5 Å². The first-order valence-electron chi connectivity index (χ1n) is 14.0. The predicted octanol–water partition coefficient (Wildman–Crippen LogP) is 5.34. The van der Waals surface area contributed by atoms with E-state index >= 15 is 0 Å². The Morgan fingerprint density at radius 3 is 2.13 bits per heavy atom. The van der Waals surface area contributed by atoms with E-state index in [1.807, 2.05) is 24.4 Å². The molecule has 45 heavy (non-hydrogen) atoms. The summed E-state index contributed by atoms with van der Waals surface area (Å²) in [5.41, 5.74) is 7.06.